The lowest BCUT2D eigenvalue weighted by molar-refractivity contribution is 0.0755. The Bertz CT molecular complexity index is 1740. The summed E-state index contributed by atoms with van der Waals surface area (Å²) in [6.45, 7) is 5.16. The standard InChI is InChI=1S/C35H30N4O/c1-25-18-19-32-27(20-25)21-33-34(40)37(24-38(32)33)22-31-26(2)39(23-36-31)35(28-12-6-3-7-13-28,29-14-8-4-9-15-29)30-16-10-5-11-17-30/h3-21,23H,22,24H2,1-2H3. The number of aryl methyl sites for hydroxylation is 1. The molecular weight excluding hydrogens is 492 g/mol. The summed E-state index contributed by atoms with van der Waals surface area (Å²) in [4.78, 5) is 20.3. The second-order valence-corrected chi connectivity index (χ2v) is 10.6. The normalized spacial score (nSPS) is 13.2. The molecule has 40 heavy (non-hydrogen) atoms. The summed E-state index contributed by atoms with van der Waals surface area (Å²) >= 11 is 0. The molecule has 4 aromatic carbocycles. The van der Waals surface area contributed by atoms with Gasteiger partial charge in [0.15, 0.2) is 0 Å². The zero-order valence-electron chi connectivity index (χ0n) is 22.7. The van der Waals surface area contributed by atoms with Crippen molar-refractivity contribution in [2.24, 2.45) is 0 Å². The largest absolute Gasteiger partial charge is 0.318 e. The van der Waals surface area contributed by atoms with Crippen LogP contribution >= 0.6 is 0 Å². The lowest BCUT2D eigenvalue weighted by atomic mass is 9.76. The number of nitrogens with zero attached hydrogens (tertiary/aromatic N) is 4. The average molecular weight is 523 g/mol. The molecule has 6 aromatic rings. The topological polar surface area (TPSA) is 43.1 Å². The van der Waals surface area contributed by atoms with Gasteiger partial charge in [-0.25, -0.2) is 4.98 Å². The first kappa shape index (κ1) is 24.2. The molecule has 0 saturated heterocycles. The minimum atomic E-state index is -0.631. The highest BCUT2D eigenvalue weighted by Crippen LogP contribution is 2.42. The zero-order valence-corrected chi connectivity index (χ0v) is 22.7. The van der Waals surface area contributed by atoms with Crippen molar-refractivity contribution < 1.29 is 4.79 Å². The quantitative estimate of drug-likeness (QED) is 0.223. The number of carbonyl (C=O) groups is 1. The molecule has 0 unspecified atom stereocenters. The Morgan fingerprint density at radius 3 is 1.90 bits per heavy atom. The summed E-state index contributed by atoms with van der Waals surface area (Å²) in [7, 11) is 0. The lowest BCUT2D eigenvalue weighted by Gasteiger charge is -2.38. The molecule has 0 radical (unpaired) electrons. The van der Waals surface area contributed by atoms with E-state index in [1.54, 1.807) is 0 Å². The molecule has 0 fully saturated rings. The number of fused-ring (bicyclic) bond motifs is 3. The van der Waals surface area contributed by atoms with Crippen LogP contribution in [-0.2, 0) is 18.8 Å². The molecule has 1 aliphatic heterocycles. The van der Waals surface area contributed by atoms with E-state index < -0.39 is 5.54 Å². The van der Waals surface area contributed by atoms with Gasteiger partial charge >= 0.3 is 0 Å². The van der Waals surface area contributed by atoms with Crippen molar-refractivity contribution in [1.82, 2.24) is 19.0 Å². The molecule has 0 atom stereocenters. The lowest BCUT2D eigenvalue weighted by Crippen LogP contribution is -2.38. The maximum atomic E-state index is 13.5. The molecule has 5 heteroatoms. The smallest absolute Gasteiger partial charge is 0.272 e. The van der Waals surface area contributed by atoms with Crippen molar-refractivity contribution in [3.8, 4) is 0 Å². The van der Waals surface area contributed by atoms with E-state index in [2.05, 4.69) is 132 Å². The fourth-order valence-corrected chi connectivity index (χ4v) is 6.31. The van der Waals surface area contributed by atoms with E-state index in [1.165, 1.54) is 5.56 Å². The fourth-order valence-electron chi connectivity index (χ4n) is 6.31. The number of benzene rings is 4. The molecule has 1 aliphatic rings. The second-order valence-electron chi connectivity index (χ2n) is 10.6. The van der Waals surface area contributed by atoms with E-state index in [0.717, 1.165) is 44.7 Å². The van der Waals surface area contributed by atoms with Crippen LogP contribution in [0.5, 0.6) is 0 Å². The molecule has 2 aromatic heterocycles. The van der Waals surface area contributed by atoms with Gasteiger partial charge < -0.3 is 14.0 Å². The average Bonchev–Trinajstić information content (AvgIpc) is 3.63. The summed E-state index contributed by atoms with van der Waals surface area (Å²) in [5.41, 5.74) is 7.76. The number of carbonyl (C=O) groups excluding carboxylic acids is 1. The Morgan fingerprint density at radius 1 is 0.750 bits per heavy atom. The molecule has 0 N–H and O–H groups in total. The van der Waals surface area contributed by atoms with E-state index in [0.29, 0.717) is 13.2 Å². The Morgan fingerprint density at radius 2 is 1.32 bits per heavy atom. The van der Waals surface area contributed by atoms with Gasteiger partial charge in [-0.15, -0.1) is 0 Å². The minimum Gasteiger partial charge on any atom is -0.318 e. The SMILES string of the molecule is Cc1ccc2c(c1)cc1n2CN(Cc2ncn(C(c3ccccc3)(c3ccccc3)c3ccccc3)c2C)C1=O. The molecule has 0 aliphatic carbocycles. The maximum Gasteiger partial charge on any atom is 0.272 e. The molecule has 196 valence electrons. The maximum absolute atomic E-state index is 13.5. The van der Waals surface area contributed by atoms with Gasteiger partial charge in [0.2, 0.25) is 0 Å². The third-order valence-electron chi connectivity index (χ3n) is 8.26. The van der Waals surface area contributed by atoms with Crippen LogP contribution in [0.2, 0.25) is 0 Å². The van der Waals surface area contributed by atoms with Crippen LogP contribution < -0.4 is 0 Å². The van der Waals surface area contributed by atoms with Gasteiger partial charge in [-0.2, -0.15) is 0 Å². The highest BCUT2D eigenvalue weighted by molar-refractivity contribution is 6.00. The van der Waals surface area contributed by atoms with Crippen LogP contribution in [0.3, 0.4) is 0 Å². The van der Waals surface area contributed by atoms with Crippen molar-refractivity contribution in [3.63, 3.8) is 0 Å². The number of hydrogen-bond acceptors (Lipinski definition) is 2. The Balaban J connectivity index is 1.33. The summed E-state index contributed by atoms with van der Waals surface area (Å²) in [5.74, 6) is 0.0447. The van der Waals surface area contributed by atoms with E-state index in [-0.39, 0.29) is 5.91 Å². The molecular formula is C35H30N4O. The van der Waals surface area contributed by atoms with Crippen LogP contribution in [0.4, 0.5) is 0 Å². The van der Waals surface area contributed by atoms with Gasteiger partial charge in [-0.1, -0.05) is 103 Å². The Hall–Kier alpha value is -4.90. The molecule has 5 nitrogen and oxygen atoms in total. The van der Waals surface area contributed by atoms with Crippen LogP contribution in [0.25, 0.3) is 10.9 Å². The third-order valence-corrected chi connectivity index (χ3v) is 8.26. The molecule has 0 spiro atoms. The van der Waals surface area contributed by atoms with E-state index in [9.17, 15) is 4.79 Å². The summed E-state index contributed by atoms with van der Waals surface area (Å²) in [6.07, 6.45) is 1.94. The van der Waals surface area contributed by atoms with Gasteiger partial charge in [0.25, 0.3) is 5.91 Å². The molecule has 3 heterocycles. The minimum absolute atomic E-state index is 0.0447. The van der Waals surface area contributed by atoms with Crippen molar-refractivity contribution >= 4 is 16.8 Å². The predicted molar refractivity (Wildman–Crippen MR) is 158 cm³/mol. The molecule has 0 bridgehead atoms. The number of imidazole rings is 1. The van der Waals surface area contributed by atoms with Crippen LogP contribution in [0.15, 0.2) is 122 Å². The van der Waals surface area contributed by atoms with Gasteiger partial charge in [-0.3, -0.25) is 4.79 Å². The van der Waals surface area contributed by atoms with Gasteiger partial charge in [0.1, 0.15) is 11.2 Å². The first-order valence-corrected chi connectivity index (χ1v) is 13.7. The van der Waals surface area contributed by atoms with Gasteiger partial charge in [0.05, 0.1) is 30.8 Å². The van der Waals surface area contributed by atoms with Gasteiger partial charge in [0, 0.05) is 11.1 Å². The van der Waals surface area contributed by atoms with E-state index >= 15 is 0 Å². The van der Waals surface area contributed by atoms with Crippen molar-refractivity contribution in [1.29, 1.82) is 0 Å². The third kappa shape index (κ3) is 3.62. The van der Waals surface area contributed by atoms with Gasteiger partial charge in [-0.05, 0) is 48.7 Å². The molecule has 1 amide bonds. The fraction of sp³-hybridized carbons (Fsp3) is 0.143. The van der Waals surface area contributed by atoms with Crippen molar-refractivity contribution in [2.75, 3.05) is 0 Å². The van der Waals surface area contributed by atoms with Crippen molar-refractivity contribution in [3.05, 3.63) is 161 Å². The summed E-state index contributed by atoms with van der Waals surface area (Å²) < 4.78 is 4.40. The highest BCUT2D eigenvalue weighted by Gasteiger charge is 2.40. The predicted octanol–water partition coefficient (Wildman–Crippen LogP) is 6.91. The Labute approximate surface area is 234 Å². The number of rotatable bonds is 6. The number of amides is 1. The molecule has 0 saturated carbocycles. The highest BCUT2D eigenvalue weighted by atomic mass is 16.2. The Kier molecular flexibility index (Phi) is 5.67. The van der Waals surface area contributed by atoms with E-state index in [1.807, 2.05) is 17.3 Å². The van der Waals surface area contributed by atoms with E-state index in [4.69, 9.17) is 4.98 Å². The second kappa shape index (κ2) is 9.38. The van der Waals surface area contributed by atoms with Crippen LogP contribution in [-0.4, -0.2) is 24.9 Å². The molecule has 7 rings (SSSR count). The zero-order chi connectivity index (χ0) is 27.3. The summed E-state index contributed by atoms with van der Waals surface area (Å²) in [5, 5.41) is 1.11. The first-order valence-electron chi connectivity index (χ1n) is 13.7. The summed E-state index contributed by atoms with van der Waals surface area (Å²) in [6, 6.07) is 40.2. The number of hydrogen-bond donors (Lipinski definition) is 0. The van der Waals surface area contributed by atoms with Crippen molar-refractivity contribution in [2.45, 2.75) is 32.6 Å². The monoisotopic (exact) mass is 522 g/mol. The first-order chi connectivity index (χ1) is 19.6. The van der Waals surface area contributed by atoms with Crippen LogP contribution in [0, 0.1) is 13.8 Å². The van der Waals surface area contributed by atoms with Crippen LogP contribution in [0.1, 0.15) is 44.1 Å². The number of aromatic nitrogens is 3.